The molecule has 8 nitrogen and oxygen atoms in total. The second-order valence-corrected chi connectivity index (χ2v) is 8.16. The zero-order chi connectivity index (χ0) is 23.1. The predicted molar refractivity (Wildman–Crippen MR) is 121 cm³/mol. The summed E-state index contributed by atoms with van der Waals surface area (Å²) in [6.45, 7) is 5.33. The van der Waals surface area contributed by atoms with Crippen molar-refractivity contribution in [2.75, 3.05) is 6.61 Å². The molecule has 0 saturated heterocycles. The van der Waals surface area contributed by atoms with Crippen LogP contribution >= 0.6 is 0 Å². The van der Waals surface area contributed by atoms with E-state index < -0.39 is 24.5 Å². The number of ether oxygens (including phenoxy) is 1. The lowest BCUT2D eigenvalue weighted by Gasteiger charge is -2.29. The minimum atomic E-state index is -0.673. The molecule has 2 unspecified atom stereocenters. The molecular weight excluding hydrogens is 408 g/mol. The van der Waals surface area contributed by atoms with Crippen LogP contribution in [0.5, 0.6) is 0 Å². The molecule has 1 aromatic heterocycles. The summed E-state index contributed by atoms with van der Waals surface area (Å²) in [6.07, 6.45) is 7.07. The highest BCUT2D eigenvalue weighted by Gasteiger charge is 2.23. The van der Waals surface area contributed by atoms with Crippen LogP contribution < -0.4 is 10.6 Å². The zero-order valence-corrected chi connectivity index (χ0v) is 18.8. The summed E-state index contributed by atoms with van der Waals surface area (Å²) in [4.78, 5) is 36.0. The summed E-state index contributed by atoms with van der Waals surface area (Å²) in [5.74, 6) is -0.963. The Morgan fingerprint density at radius 3 is 2.59 bits per heavy atom. The Kier molecular flexibility index (Phi) is 7.81. The van der Waals surface area contributed by atoms with E-state index in [1.54, 1.807) is 10.8 Å². The van der Waals surface area contributed by atoms with E-state index in [4.69, 9.17) is 4.74 Å². The quantitative estimate of drug-likeness (QED) is 0.531. The van der Waals surface area contributed by atoms with Crippen LogP contribution in [0.1, 0.15) is 49.6 Å². The molecule has 3 amide bonds. The van der Waals surface area contributed by atoms with E-state index in [0.29, 0.717) is 5.92 Å². The first-order chi connectivity index (χ1) is 15.3. The number of nitrogens with one attached hydrogen (secondary N) is 2. The molecule has 32 heavy (non-hydrogen) atoms. The van der Waals surface area contributed by atoms with Crippen molar-refractivity contribution < 1.29 is 19.1 Å². The fourth-order valence-electron chi connectivity index (χ4n) is 3.95. The number of hydrogen-bond donors (Lipinski definition) is 2. The van der Waals surface area contributed by atoms with E-state index in [2.05, 4.69) is 22.7 Å². The maximum atomic E-state index is 12.0. The number of para-hydroxylation sites is 1. The van der Waals surface area contributed by atoms with Crippen molar-refractivity contribution in [3.05, 3.63) is 53.4 Å². The average molecular weight is 439 g/mol. The molecule has 0 radical (unpaired) electrons. The molecule has 1 aromatic carbocycles. The Morgan fingerprint density at radius 1 is 1.16 bits per heavy atom. The number of amides is 3. The molecule has 1 aliphatic rings. The Bertz CT molecular complexity index is 997. The molecule has 1 fully saturated rings. The zero-order valence-electron chi connectivity index (χ0n) is 18.8. The van der Waals surface area contributed by atoms with E-state index in [9.17, 15) is 14.4 Å². The maximum absolute atomic E-state index is 12.0. The second kappa shape index (κ2) is 10.7. The van der Waals surface area contributed by atoms with Crippen molar-refractivity contribution in [1.29, 1.82) is 0 Å². The molecule has 170 valence electrons. The van der Waals surface area contributed by atoms with Gasteiger partial charge in [0.25, 0.3) is 5.91 Å². The molecule has 1 aliphatic carbocycles. The molecule has 0 bridgehead atoms. The predicted octanol–water partition coefficient (Wildman–Crippen LogP) is 3.45. The molecule has 0 aliphatic heterocycles. The van der Waals surface area contributed by atoms with Gasteiger partial charge in [0.15, 0.2) is 6.61 Å². The number of rotatable bonds is 6. The first kappa shape index (κ1) is 23.2. The summed E-state index contributed by atoms with van der Waals surface area (Å²) >= 11 is 0. The van der Waals surface area contributed by atoms with Gasteiger partial charge in [-0.05, 0) is 50.8 Å². The van der Waals surface area contributed by atoms with Gasteiger partial charge < -0.3 is 10.1 Å². The van der Waals surface area contributed by atoms with E-state index in [0.717, 1.165) is 48.3 Å². The highest BCUT2D eigenvalue weighted by atomic mass is 16.5. The molecule has 2 atom stereocenters. The smallest absolute Gasteiger partial charge is 0.331 e. The largest absolute Gasteiger partial charge is 0.452 e. The highest BCUT2D eigenvalue weighted by Crippen LogP contribution is 2.23. The number of imide groups is 1. The van der Waals surface area contributed by atoms with Gasteiger partial charge in [-0.1, -0.05) is 38.0 Å². The van der Waals surface area contributed by atoms with Crippen LogP contribution in [0.4, 0.5) is 4.79 Å². The Morgan fingerprint density at radius 2 is 1.88 bits per heavy atom. The van der Waals surface area contributed by atoms with Crippen LogP contribution in [0.15, 0.2) is 36.4 Å². The van der Waals surface area contributed by atoms with Gasteiger partial charge in [-0.3, -0.25) is 10.1 Å². The number of carbonyl (C=O) groups excluding carboxylic acids is 3. The van der Waals surface area contributed by atoms with Gasteiger partial charge in [-0.2, -0.15) is 5.10 Å². The minimum Gasteiger partial charge on any atom is -0.452 e. The van der Waals surface area contributed by atoms with Crippen molar-refractivity contribution in [2.24, 2.45) is 5.92 Å². The molecule has 1 heterocycles. The maximum Gasteiger partial charge on any atom is 0.331 e. The lowest BCUT2D eigenvalue weighted by atomic mass is 9.86. The van der Waals surface area contributed by atoms with Gasteiger partial charge in [-0.15, -0.1) is 0 Å². The van der Waals surface area contributed by atoms with Crippen LogP contribution in [0.25, 0.3) is 11.8 Å². The third-order valence-electron chi connectivity index (χ3n) is 5.76. The van der Waals surface area contributed by atoms with Gasteiger partial charge in [0.05, 0.1) is 11.4 Å². The van der Waals surface area contributed by atoms with Crippen LogP contribution in [0.2, 0.25) is 0 Å². The fraction of sp³-hybridized carbons (Fsp3) is 0.417. The van der Waals surface area contributed by atoms with Gasteiger partial charge in [0, 0.05) is 23.4 Å². The number of urea groups is 1. The average Bonchev–Trinajstić information content (AvgIpc) is 3.06. The Hall–Kier alpha value is -3.42. The first-order valence-corrected chi connectivity index (χ1v) is 10.9. The van der Waals surface area contributed by atoms with Gasteiger partial charge in [-0.25, -0.2) is 14.3 Å². The minimum absolute atomic E-state index is 0.0605. The molecule has 8 heteroatoms. The monoisotopic (exact) mass is 438 g/mol. The summed E-state index contributed by atoms with van der Waals surface area (Å²) in [7, 11) is 0. The van der Waals surface area contributed by atoms with Crippen molar-refractivity contribution in [3.8, 4) is 5.69 Å². The lowest BCUT2D eigenvalue weighted by Crippen LogP contribution is -2.48. The summed E-state index contributed by atoms with van der Waals surface area (Å²) < 4.78 is 6.77. The first-order valence-electron chi connectivity index (χ1n) is 10.9. The fourth-order valence-corrected chi connectivity index (χ4v) is 3.95. The third kappa shape index (κ3) is 6.06. The molecule has 3 rings (SSSR count). The summed E-state index contributed by atoms with van der Waals surface area (Å²) in [6, 6.07) is 9.20. The number of aromatic nitrogens is 2. The highest BCUT2D eigenvalue weighted by molar-refractivity contribution is 5.96. The molecular formula is C24H30N4O4. The normalized spacial score (nSPS) is 18.3. The third-order valence-corrected chi connectivity index (χ3v) is 5.76. The number of nitrogens with zero attached hydrogens (tertiary/aromatic N) is 2. The number of carbonyl (C=O) groups is 3. The molecule has 1 saturated carbocycles. The Balaban J connectivity index is 1.49. The van der Waals surface area contributed by atoms with Gasteiger partial charge in [0.1, 0.15) is 0 Å². The van der Waals surface area contributed by atoms with E-state index >= 15 is 0 Å². The van der Waals surface area contributed by atoms with Gasteiger partial charge in [0.2, 0.25) is 0 Å². The van der Waals surface area contributed by atoms with Crippen LogP contribution in [-0.4, -0.2) is 40.3 Å². The SMILES string of the molecule is Cc1nn(-c2ccccc2)c(C)c1/C=C/C(=O)OCC(=O)NC(=O)NC1CCCCC1C. The van der Waals surface area contributed by atoms with Crippen molar-refractivity contribution in [3.63, 3.8) is 0 Å². The van der Waals surface area contributed by atoms with Crippen LogP contribution in [0.3, 0.4) is 0 Å². The number of esters is 1. The van der Waals surface area contributed by atoms with Crippen molar-refractivity contribution in [2.45, 2.75) is 52.5 Å². The molecule has 2 aromatic rings. The van der Waals surface area contributed by atoms with Crippen LogP contribution in [-0.2, 0) is 14.3 Å². The van der Waals surface area contributed by atoms with Gasteiger partial charge >= 0.3 is 12.0 Å². The number of aryl methyl sites for hydroxylation is 1. The van der Waals surface area contributed by atoms with E-state index in [1.807, 2.05) is 44.2 Å². The number of benzene rings is 1. The second-order valence-electron chi connectivity index (χ2n) is 8.16. The van der Waals surface area contributed by atoms with Crippen molar-refractivity contribution in [1.82, 2.24) is 20.4 Å². The molecule has 2 N–H and O–H groups in total. The standard InChI is InChI=1S/C24H30N4O4/c1-16-9-7-8-12-21(16)25-24(31)26-22(29)15-32-23(30)14-13-20-17(2)27-28(18(20)3)19-10-5-4-6-11-19/h4-6,10-11,13-14,16,21H,7-9,12,15H2,1-3H3,(H2,25,26,29,31)/b14-13+. The summed E-state index contributed by atoms with van der Waals surface area (Å²) in [5, 5.41) is 9.56. The van der Waals surface area contributed by atoms with Crippen LogP contribution in [0, 0.1) is 19.8 Å². The lowest BCUT2D eigenvalue weighted by molar-refractivity contribution is -0.143. The summed E-state index contributed by atoms with van der Waals surface area (Å²) in [5.41, 5.74) is 3.37. The van der Waals surface area contributed by atoms with E-state index in [-0.39, 0.29) is 6.04 Å². The molecule has 0 spiro atoms. The topological polar surface area (TPSA) is 102 Å². The van der Waals surface area contributed by atoms with Crippen molar-refractivity contribution >= 4 is 24.0 Å². The van der Waals surface area contributed by atoms with E-state index in [1.165, 1.54) is 6.08 Å². The Labute approximate surface area is 188 Å². The number of hydrogen-bond acceptors (Lipinski definition) is 5.